The number of alkyl halides is 1. The second-order valence-electron chi connectivity index (χ2n) is 8.13. The van der Waals surface area contributed by atoms with Gasteiger partial charge in [0.05, 0.1) is 26.9 Å². The van der Waals surface area contributed by atoms with Crippen LogP contribution in [0.5, 0.6) is 0 Å². The summed E-state index contributed by atoms with van der Waals surface area (Å²) in [6.45, 7) is 0. The standard InChI is InChI=1S/C24H19BrClIN2O2S/c25-14-10-8-13(9-11-14)23-16-12-20(32-19-7-2-1-6-18(19)29(30)31)22(26)21(16)15-4-3-5-17(27)24(15)28-23/h1-11,16,20-23,28H,12H2. The van der Waals surface area contributed by atoms with E-state index >= 15 is 0 Å². The van der Waals surface area contributed by atoms with Crippen LogP contribution in [0.2, 0.25) is 0 Å². The molecule has 0 aromatic heterocycles. The minimum Gasteiger partial charge on any atom is -0.377 e. The van der Waals surface area contributed by atoms with Crippen LogP contribution < -0.4 is 5.32 Å². The Hall–Kier alpha value is -1.29. The van der Waals surface area contributed by atoms with Crippen molar-refractivity contribution < 1.29 is 4.92 Å². The molecule has 0 radical (unpaired) electrons. The summed E-state index contributed by atoms with van der Waals surface area (Å²) < 4.78 is 2.23. The van der Waals surface area contributed by atoms with Crippen LogP contribution in [0.25, 0.3) is 0 Å². The average molecular weight is 642 g/mol. The Morgan fingerprint density at radius 2 is 1.84 bits per heavy atom. The van der Waals surface area contributed by atoms with Crippen molar-refractivity contribution in [3.05, 3.63) is 96.0 Å². The van der Waals surface area contributed by atoms with E-state index in [1.54, 1.807) is 23.9 Å². The van der Waals surface area contributed by atoms with Gasteiger partial charge in [-0.2, -0.15) is 0 Å². The summed E-state index contributed by atoms with van der Waals surface area (Å²) in [6, 6.07) is 21.9. The number of nitrogens with zero attached hydrogens (tertiary/aromatic N) is 1. The molecule has 3 aromatic carbocycles. The molecule has 164 valence electrons. The second kappa shape index (κ2) is 9.16. The van der Waals surface area contributed by atoms with Gasteiger partial charge in [0.1, 0.15) is 0 Å². The smallest absolute Gasteiger partial charge is 0.282 e. The predicted octanol–water partition coefficient (Wildman–Crippen LogP) is 8.00. The van der Waals surface area contributed by atoms with Crippen molar-refractivity contribution in [3.63, 3.8) is 0 Å². The lowest BCUT2D eigenvalue weighted by Crippen LogP contribution is -2.31. The van der Waals surface area contributed by atoms with Crippen LogP contribution >= 0.6 is 61.9 Å². The fraction of sp³-hybridized carbons (Fsp3) is 0.250. The average Bonchev–Trinajstić information content (AvgIpc) is 3.11. The highest BCUT2D eigenvalue weighted by atomic mass is 127. The number of anilines is 1. The summed E-state index contributed by atoms with van der Waals surface area (Å²) >= 11 is 14.6. The monoisotopic (exact) mass is 640 g/mol. The van der Waals surface area contributed by atoms with Gasteiger partial charge in [-0.05, 0) is 70.3 Å². The molecular weight excluding hydrogens is 623 g/mol. The molecule has 1 saturated carbocycles. The molecule has 1 N–H and O–H groups in total. The molecule has 1 aliphatic heterocycles. The van der Waals surface area contributed by atoms with Crippen molar-refractivity contribution >= 4 is 73.3 Å². The number of hydrogen-bond donors (Lipinski definition) is 1. The molecule has 0 saturated heterocycles. The van der Waals surface area contributed by atoms with Crippen molar-refractivity contribution in [2.24, 2.45) is 5.92 Å². The summed E-state index contributed by atoms with van der Waals surface area (Å²) in [5.74, 6) is 0.473. The Morgan fingerprint density at radius 1 is 1.09 bits per heavy atom. The third kappa shape index (κ3) is 4.06. The highest BCUT2D eigenvalue weighted by Crippen LogP contribution is 2.58. The summed E-state index contributed by atoms with van der Waals surface area (Å²) in [5, 5.41) is 15.3. The molecule has 1 heterocycles. The number of para-hydroxylation sites is 2. The zero-order valence-corrected chi connectivity index (χ0v) is 22.1. The Balaban J connectivity index is 1.54. The highest BCUT2D eigenvalue weighted by Gasteiger charge is 2.50. The quantitative estimate of drug-likeness (QED) is 0.136. The van der Waals surface area contributed by atoms with Crippen LogP contribution in [0.4, 0.5) is 11.4 Å². The number of hydrogen-bond acceptors (Lipinski definition) is 4. The van der Waals surface area contributed by atoms with Crippen LogP contribution in [0.15, 0.2) is 76.1 Å². The van der Waals surface area contributed by atoms with Crippen LogP contribution in [0, 0.1) is 19.6 Å². The number of nitrogens with one attached hydrogen (secondary N) is 1. The molecule has 32 heavy (non-hydrogen) atoms. The largest absolute Gasteiger partial charge is 0.377 e. The molecule has 5 atom stereocenters. The van der Waals surface area contributed by atoms with Crippen LogP contribution in [-0.4, -0.2) is 15.6 Å². The van der Waals surface area contributed by atoms with E-state index in [0.717, 1.165) is 16.6 Å². The van der Waals surface area contributed by atoms with E-state index in [1.165, 1.54) is 14.7 Å². The number of thioether (sulfide) groups is 1. The van der Waals surface area contributed by atoms with Gasteiger partial charge in [0.2, 0.25) is 0 Å². The molecule has 0 amide bonds. The van der Waals surface area contributed by atoms with Crippen molar-refractivity contribution in [2.45, 2.75) is 33.9 Å². The number of nitro benzene ring substituents is 1. The molecule has 0 spiro atoms. The zero-order valence-electron chi connectivity index (χ0n) is 16.8. The highest BCUT2D eigenvalue weighted by molar-refractivity contribution is 14.1. The number of halogens is 3. The molecule has 1 aliphatic carbocycles. The Labute approximate surface area is 217 Å². The summed E-state index contributed by atoms with van der Waals surface area (Å²) in [5.41, 5.74) is 3.78. The van der Waals surface area contributed by atoms with Crippen LogP contribution in [0.1, 0.15) is 29.5 Å². The summed E-state index contributed by atoms with van der Waals surface area (Å²) in [4.78, 5) is 11.9. The van der Waals surface area contributed by atoms with Gasteiger partial charge in [-0.1, -0.05) is 52.3 Å². The Kier molecular flexibility index (Phi) is 6.44. The third-order valence-electron chi connectivity index (χ3n) is 6.37. The maximum Gasteiger partial charge on any atom is 0.282 e. The maximum absolute atomic E-state index is 11.5. The summed E-state index contributed by atoms with van der Waals surface area (Å²) in [6.07, 6.45) is 0.883. The van der Waals surface area contributed by atoms with Crippen molar-refractivity contribution in [3.8, 4) is 0 Å². The van der Waals surface area contributed by atoms with Gasteiger partial charge in [-0.3, -0.25) is 10.1 Å². The molecule has 1 fully saturated rings. The topological polar surface area (TPSA) is 55.2 Å². The SMILES string of the molecule is O=[N+]([O-])c1ccccc1SC1CC2C(c3ccc(Br)cc3)Nc3c(I)cccc3C2C1Cl. The van der Waals surface area contributed by atoms with Crippen LogP contribution in [0.3, 0.4) is 0 Å². The first-order chi connectivity index (χ1) is 15.4. The second-order valence-corrected chi connectivity index (χ2v) is 12.0. The van der Waals surface area contributed by atoms with E-state index in [0.29, 0.717) is 10.8 Å². The summed E-state index contributed by atoms with van der Waals surface area (Å²) in [7, 11) is 0. The van der Waals surface area contributed by atoms with Crippen LogP contribution in [-0.2, 0) is 0 Å². The first kappa shape index (κ1) is 22.5. The van der Waals surface area contributed by atoms with E-state index in [9.17, 15) is 10.1 Å². The fourth-order valence-corrected chi connectivity index (χ4v) is 7.86. The molecule has 4 nitrogen and oxygen atoms in total. The Bertz CT molecular complexity index is 1180. The van der Waals surface area contributed by atoms with Crippen molar-refractivity contribution in [1.29, 1.82) is 0 Å². The van der Waals surface area contributed by atoms with E-state index < -0.39 is 0 Å². The van der Waals surface area contributed by atoms with Gasteiger partial charge in [0.15, 0.2) is 0 Å². The number of rotatable bonds is 4. The maximum atomic E-state index is 11.5. The van der Waals surface area contributed by atoms with Gasteiger partial charge in [-0.15, -0.1) is 23.4 Å². The number of benzene rings is 3. The minimum atomic E-state index is -0.308. The molecule has 2 aliphatic rings. The number of nitro groups is 1. The lowest BCUT2D eigenvalue weighted by molar-refractivity contribution is -0.387. The molecule has 5 unspecified atom stereocenters. The molecule has 8 heteroatoms. The lowest BCUT2D eigenvalue weighted by Gasteiger charge is -2.39. The van der Waals surface area contributed by atoms with Gasteiger partial charge in [0, 0.05) is 25.3 Å². The van der Waals surface area contributed by atoms with Gasteiger partial charge in [-0.25, -0.2) is 0 Å². The van der Waals surface area contributed by atoms with E-state index in [1.807, 2.05) is 12.1 Å². The zero-order chi connectivity index (χ0) is 22.4. The fourth-order valence-electron chi connectivity index (χ4n) is 4.98. The van der Waals surface area contributed by atoms with E-state index in [2.05, 4.69) is 86.3 Å². The van der Waals surface area contributed by atoms with Gasteiger partial charge >= 0.3 is 0 Å². The van der Waals surface area contributed by atoms with Crippen molar-refractivity contribution in [2.75, 3.05) is 5.32 Å². The molecule has 0 bridgehead atoms. The first-order valence-electron chi connectivity index (χ1n) is 10.3. The lowest BCUT2D eigenvalue weighted by atomic mass is 9.77. The first-order valence-corrected chi connectivity index (χ1v) is 13.5. The molecule has 3 aromatic rings. The Morgan fingerprint density at radius 3 is 2.59 bits per heavy atom. The minimum absolute atomic E-state index is 0.0799. The molecular formula is C24H19BrClIN2O2S. The predicted molar refractivity (Wildman–Crippen MR) is 143 cm³/mol. The normalized spacial score (nSPS) is 26.2. The number of fused-ring (bicyclic) bond motifs is 3. The van der Waals surface area contributed by atoms with E-state index in [4.69, 9.17) is 11.6 Å². The van der Waals surface area contributed by atoms with Gasteiger partial charge in [0.25, 0.3) is 5.69 Å². The van der Waals surface area contributed by atoms with E-state index in [-0.39, 0.29) is 33.2 Å². The third-order valence-corrected chi connectivity index (χ3v) is 9.91. The van der Waals surface area contributed by atoms with Gasteiger partial charge < -0.3 is 5.32 Å². The molecule has 5 rings (SSSR count). The van der Waals surface area contributed by atoms with Crippen molar-refractivity contribution in [1.82, 2.24) is 0 Å².